The normalized spacial score (nSPS) is 21.7. The Bertz CT molecular complexity index is 602. The van der Waals surface area contributed by atoms with Crippen LogP contribution in [0.4, 0.5) is 13.2 Å². The molecule has 0 radical (unpaired) electrons. The number of hydrazone groups is 1. The summed E-state index contributed by atoms with van der Waals surface area (Å²) in [6.07, 6.45) is -2.27. The maximum absolute atomic E-state index is 13.3. The van der Waals surface area contributed by atoms with Crippen LogP contribution < -0.4 is 0 Å². The first-order chi connectivity index (χ1) is 10.6. The van der Waals surface area contributed by atoms with Crippen LogP contribution in [-0.4, -0.2) is 38.6 Å². The van der Waals surface area contributed by atoms with Gasteiger partial charge in [0.25, 0.3) is 11.6 Å². The summed E-state index contributed by atoms with van der Waals surface area (Å²) in [5.41, 5.74) is -3.22. The lowest BCUT2D eigenvalue weighted by atomic mass is 9.99. The average Bonchev–Trinajstić information content (AvgIpc) is 2.83. The molecule has 1 unspecified atom stereocenters. The Hall–Kier alpha value is -1.96. The van der Waals surface area contributed by atoms with Crippen molar-refractivity contribution < 1.29 is 23.1 Å². The monoisotopic (exact) mass is 329 g/mol. The number of aliphatic hydroxyl groups is 1. The molecule has 1 aromatic heterocycles. The van der Waals surface area contributed by atoms with Crippen LogP contribution in [0, 0.1) is 5.92 Å². The molecule has 2 heterocycles. The smallest absolute Gasteiger partial charge is 0.362 e. The van der Waals surface area contributed by atoms with Crippen LogP contribution in [0.25, 0.3) is 0 Å². The Kier molecular flexibility index (Phi) is 4.74. The number of aromatic nitrogens is 1. The minimum Gasteiger partial charge on any atom is -0.362 e. The first kappa shape index (κ1) is 17.4. The third-order valence-corrected chi connectivity index (χ3v) is 3.61. The summed E-state index contributed by atoms with van der Waals surface area (Å²) >= 11 is 0. The van der Waals surface area contributed by atoms with Crippen LogP contribution in [0.3, 0.4) is 0 Å². The summed E-state index contributed by atoms with van der Waals surface area (Å²) in [4.78, 5) is 16.0. The summed E-state index contributed by atoms with van der Waals surface area (Å²) in [5.74, 6) is -0.753. The number of hydrogen-bond acceptors (Lipinski definition) is 4. The molecular weight excluding hydrogens is 311 g/mol. The Morgan fingerprint density at radius 1 is 1.48 bits per heavy atom. The van der Waals surface area contributed by atoms with Gasteiger partial charge in [0, 0.05) is 24.5 Å². The van der Waals surface area contributed by atoms with Gasteiger partial charge in [-0.1, -0.05) is 13.8 Å². The van der Waals surface area contributed by atoms with Crippen molar-refractivity contribution >= 4 is 11.6 Å². The highest BCUT2D eigenvalue weighted by atomic mass is 19.4. The van der Waals surface area contributed by atoms with E-state index >= 15 is 0 Å². The highest BCUT2D eigenvalue weighted by Gasteiger charge is 2.63. The Morgan fingerprint density at radius 3 is 2.70 bits per heavy atom. The molecule has 0 saturated carbocycles. The molecule has 126 valence electrons. The topological polar surface area (TPSA) is 65.8 Å². The van der Waals surface area contributed by atoms with Crippen molar-refractivity contribution in [2.24, 2.45) is 11.0 Å². The second-order valence-corrected chi connectivity index (χ2v) is 5.95. The largest absolute Gasteiger partial charge is 0.438 e. The molecule has 0 saturated heterocycles. The molecule has 8 heteroatoms. The van der Waals surface area contributed by atoms with Gasteiger partial charge in [0.15, 0.2) is 0 Å². The number of carbonyl (C=O) groups excluding carboxylic acids is 1. The van der Waals surface area contributed by atoms with Crippen molar-refractivity contribution in [2.75, 3.05) is 0 Å². The number of amides is 1. The first-order valence-electron chi connectivity index (χ1n) is 7.25. The summed E-state index contributed by atoms with van der Waals surface area (Å²) in [6.45, 7) is 3.87. The van der Waals surface area contributed by atoms with E-state index in [1.165, 1.54) is 18.3 Å². The summed E-state index contributed by atoms with van der Waals surface area (Å²) in [5, 5.41) is 14.0. The molecule has 0 spiro atoms. The van der Waals surface area contributed by atoms with Gasteiger partial charge >= 0.3 is 6.18 Å². The molecular formula is C15H18F3N3O2. The number of rotatable bonds is 4. The molecule has 1 aromatic rings. The molecule has 1 N–H and O–H groups in total. The molecule has 1 amide bonds. The van der Waals surface area contributed by atoms with E-state index in [0.29, 0.717) is 12.8 Å². The summed E-state index contributed by atoms with van der Waals surface area (Å²) in [6, 6.07) is 2.76. The number of nitrogens with zero attached hydrogens (tertiary/aromatic N) is 3. The maximum Gasteiger partial charge on any atom is 0.438 e. The van der Waals surface area contributed by atoms with Gasteiger partial charge in [0.2, 0.25) is 0 Å². The van der Waals surface area contributed by atoms with E-state index in [9.17, 15) is 23.1 Å². The highest BCUT2D eigenvalue weighted by Crippen LogP contribution is 2.41. The maximum atomic E-state index is 13.3. The number of hydrogen-bond donors (Lipinski definition) is 1. The molecule has 1 atom stereocenters. The van der Waals surface area contributed by atoms with Gasteiger partial charge in [0.1, 0.15) is 0 Å². The van der Waals surface area contributed by atoms with Gasteiger partial charge in [-0.25, -0.2) is 0 Å². The first-order valence-corrected chi connectivity index (χ1v) is 7.25. The minimum absolute atomic E-state index is 0.0657. The van der Waals surface area contributed by atoms with E-state index in [1.54, 1.807) is 0 Å². The molecule has 0 aliphatic carbocycles. The molecule has 23 heavy (non-hydrogen) atoms. The number of carbonyl (C=O) groups is 1. The van der Waals surface area contributed by atoms with Crippen LogP contribution in [0.15, 0.2) is 29.6 Å². The molecule has 0 fully saturated rings. The molecule has 2 rings (SSSR count). The lowest BCUT2D eigenvalue weighted by Gasteiger charge is -2.32. The number of halogens is 3. The fraction of sp³-hybridized carbons (Fsp3) is 0.533. The second-order valence-electron chi connectivity index (χ2n) is 5.95. The van der Waals surface area contributed by atoms with E-state index in [4.69, 9.17) is 0 Å². The van der Waals surface area contributed by atoms with Crippen molar-refractivity contribution in [1.29, 1.82) is 0 Å². The van der Waals surface area contributed by atoms with Crippen LogP contribution in [0.2, 0.25) is 0 Å². The van der Waals surface area contributed by atoms with Gasteiger partial charge in [-0.05, 0) is 30.9 Å². The minimum atomic E-state index is -5.01. The van der Waals surface area contributed by atoms with Crippen molar-refractivity contribution in [3.63, 3.8) is 0 Å². The number of alkyl halides is 3. The van der Waals surface area contributed by atoms with Gasteiger partial charge in [-0.15, -0.1) is 0 Å². The van der Waals surface area contributed by atoms with E-state index < -0.39 is 24.2 Å². The van der Waals surface area contributed by atoms with Crippen LogP contribution in [0.5, 0.6) is 0 Å². The summed E-state index contributed by atoms with van der Waals surface area (Å²) in [7, 11) is 0. The van der Waals surface area contributed by atoms with Crippen molar-refractivity contribution in [3.05, 3.63) is 30.1 Å². The third-order valence-electron chi connectivity index (χ3n) is 3.61. The molecule has 0 aromatic carbocycles. The molecule has 5 nitrogen and oxygen atoms in total. The van der Waals surface area contributed by atoms with Crippen LogP contribution >= 0.6 is 0 Å². The zero-order valence-electron chi connectivity index (χ0n) is 12.8. The van der Waals surface area contributed by atoms with Crippen LogP contribution in [-0.2, 0) is 0 Å². The lowest BCUT2D eigenvalue weighted by molar-refractivity contribution is -0.297. The lowest BCUT2D eigenvalue weighted by Crippen LogP contribution is -2.56. The van der Waals surface area contributed by atoms with E-state index in [0.717, 1.165) is 6.20 Å². The SMILES string of the molecule is CC(C)CCC1=NN(C(=O)c2cccnc2)C(O)(C(F)(F)F)C1. The van der Waals surface area contributed by atoms with Gasteiger partial charge in [-0.3, -0.25) is 9.78 Å². The summed E-state index contributed by atoms with van der Waals surface area (Å²) < 4.78 is 39.9. The Labute approximate surface area is 131 Å². The molecule has 1 aliphatic rings. The van der Waals surface area contributed by atoms with Crippen LogP contribution in [0.1, 0.15) is 43.5 Å². The fourth-order valence-electron chi connectivity index (χ4n) is 2.26. The zero-order valence-corrected chi connectivity index (χ0v) is 12.8. The van der Waals surface area contributed by atoms with E-state index in [2.05, 4.69) is 10.1 Å². The quantitative estimate of drug-likeness (QED) is 0.923. The average molecular weight is 329 g/mol. The third kappa shape index (κ3) is 3.52. The standard InChI is InChI=1S/C15H18F3N3O2/c1-10(2)5-6-12-8-14(23,15(16,17)18)21(20-12)13(22)11-4-3-7-19-9-11/h3-4,7,9-10,23H,5-6,8H2,1-2H3. The molecule has 1 aliphatic heterocycles. The highest BCUT2D eigenvalue weighted by molar-refractivity contribution is 5.98. The van der Waals surface area contributed by atoms with Gasteiger partial charge in [-0.2, -0.15) is 23.3 Å². The van der Waals surface area contributed by atoms with Gasteiger partial charge in [0.05, 0.1) is 5.56 Å². The predicted molar refractivity (Wildman–Crippen MR) is 77.5 cm³/mol. The molecule has 0 bridgehead atoms. The fourth-order valence-corrected chi connectivity index (χ4v) is 2.26. The van der Waals surface area contributed by atoms with Crippen molar-refractivity contribution in [3.8, 4) is 0 Å². The van der Waals surface area contributed by atoms with Crippen molar-refractivity contribution in [2.45, 2.75) is 45.0 Å². The van der Waals surface area contributed by atoms with Gasteiger partial charge < -0.3 is 5.11 Å². The number of pyridine rings is 1. The Morgan fingerprint density at radius 2 is 2.17 bits per heavy atom. The second kappa shape index (κ2) is 6.27. The van der Waals surface area contributed by atoms with E-state index in [-0.39, 0.29) is 22.2 Å². The van der Waals surface area contributed by atoms with E-state index in [1.807, 2.05) is 13.8 Å². The Balaban J connectivity index is 2.32. The zero-order chi connectivity index (χ0) is 17.3. The van der Waals surface area contributed by atoms with Crippen molar-refractivity contribution in [1.82, 2.24) is 9.99 Å². The predicted octanol–water partition coefficient (Wildman–Crippen LogP) is 2.97.